The Hall–Kier alpha value is -0.520. The van der Waals surface area contributed by atoms with E-state index in [0.29, 0.717) is 4.88 Å². The number of carboxylic acid groups (broad SMARTS) is 1. The zero-order chi connectivity index (χ0) is 10.7. The molecule has 0 aromatic carbocycles. The van der Waals surface area contributed by atoms with Gasteiger partial charge < -0.3 is 10.2 Å². The first-order valence-corrected chi connectivity index (χ1v) is 5.93. The SMILES string of the molecule is CC(O)C(C)Sc1csc(C(=O)O)c1. The van der Waals surface area contributed by atoms with Crippen LogP contribution < -0.4 is 0 Å². The molecule has 2 N–H and O–H groups in total. The molecule has 0 bridgehead atoms. The van der Waals surface area contributed by atoms with Gasteiger partial charge in [-0.3, -0.25) is 0 Å². The van der Waals surface area contributed by atoms with Crippen LogP contribution in [0.4, 0.5) is 0 Å². The fraction of sp³-hybridized carbons (Fsp3) is 0.444. The molecule has 0 radical (unpaired) electrons. The van der Waals surface area contributed by atoms with E-state index >= 15 is 0 Å². The smallest absolute Gasteiger partial charge is 0.345 e. The summed E-state index contributed by atoms with van der Waals surface area (Å²) in [6.45, 7) is 3.63. The van der Waals surface area contributed by atoms with Gasteiger partial charge in [0, 0.05) is 15.5 Å². The highest BCUT2D eigenvalue weighted by Crippen LogP contribution is 2.29. The maximum Gasteiger partial charge on any atom is 0.345 e. The maximum absolute atomic E-state index is 10.6. The number of aromatic carboxylic acids is 1. The van der Waals surface area contributed by atoms with Crippen molar-refractivity contribution in [3.63, 3.8) is 0 Å². The van der Waals surface area contributed by atoms with Crippen LogP contribution in [0.2, 0.25) is 0 Å². The number of rotatable bonds is 4. The van der Waals surface area contributed by atoms with Gasteiger partial charge in [-0.1, -0.05) is 6.92 Å². The van der Waals surface area contributed by atoms with E-state index in [2.05, 4.69) is 0 Å². The number of aliphatic hydroxyl groups excluding tert-OH is 1. The molecule has 0 saturated heterocycles. The summed E-state index contributed by atoms with van der Waals surface area (Å²) in [5.41, 5.74) is 0. The van der Waals surface area contributed by atoms with Crippen molar-refractivity contribution in [1.29, 1.82) is 0 Å². The molecular weight excluding hydrogens is 220 g/mol. The molecule has 0 spiro atoms. The van der Waals surface area contributed by atoms with E-state index in [-0.39, 0.29) is 5.25 Å². The van der Waals surface area contributed by atoms with Gasteiger partial charge in [-0.25, -0.2) is 4.79 Å². The Morgan fingerprint density at radius 2 is 2.21 bits per heavy atom. The molecule has 78 valence electrons. The van der Waals surface area contributed by atoms with Crippen LogP contribution in [0.1, 0.15) is 23.5 Å². The van der Waals surface area contributed by atoms with Crippen molar-refractivity contribution in [1.82, 2.24) is 0 Å². The van der Waals surface area contributed by atoms with Crippen LogP contribution in [0.25, 0.3) is 0 Å². The van der Waals surface area contributed by atoms with Crippen LogP contribution >= 0.6 is 23.1 Å². The van der Waals surface area contributed by atoms with Crippen LogP contribution in [0, 0.1) is 0 Å². The zero-order valence-corrected chi connectivity index (χ0v) is 9.56. The van der Waals surface area contributed by atoms with Crippen LogP contribution in [0.15, 0.2) is 16.3 Å². The molecule has 5 heteroatoms. The van der Waals surface area contributed by atoms with Crippen molar-refractivity contribution in [3.05, 3.63) is 16.3 Å². The quantitative estimate of drug-likeness (QED) is 0.782. The lowest BCUT2D eigenvalue weighted by molar-refractivity contribution is 0.0702. The average Bonchev–Trinajstić information content (AvgIpc) is 2.52. The summed E-state index contributed by atoms with van der Waals surface area (Å²) in [6.07, 6.45) is -0.395. The van der Waals surface area contributed by atoms with Crippen molar-refractivity contribution in [2.45, 2.75) is 30.1 Å². The highest BCUT2D eigenvalue weighted by atomic mass is 32.2. The minimum Gasteiger partial charge on any atom is -0.477 e. The predicted molar refractivity (Wildman–Crippen MR) is 58.3 cm³/mol. The van der Waals surface area contributed by atoms with Crippen molar-refractivity contribution in [2.75, 3.05) is 0 Å². The lowest BCUT2D eigenvalue weighted by Crippen LogP contribution is -2.14. The van der Waals surface area contributed by atoms with E-state index in [1.165, 1.54) is 23.1 Å². The molecule has 14 heavy (non-hydrogen) atoms. The van der Waals surface area contributed by atoms with Gasteiger partial charge in [-0.2, -0.15) is 0 Å². The first-order valence-electron chi connectivity index (χ1n) is 4.17. The molecular formula is C9H12O3S2. The van der Waals surface area contributed by atoms with Gasteiger partial charge >= 0.3 is 5.97 Å². The summed E-state index contributed by atoms with van der Waals surface area (Å²) in [5.74, 6) is -0.897. The number of hydrogen-bond donors (Lipinski definition) is 2. The average molecular weight is 232 g/mol. The third-order valence-corrected chi connectivity index (χ3v) is 4.13. The second-order valence-corrected chi connectivity index (χ2v) is 5.38. The highest BCUT2D eigenvalue weighted by Gasteiger charge is 2.13. The lowest BCUT2D eigenvalue weighted by atomic mass is 10.3. The second kappa shape index (κ2) is 4.82. The summed E-state index contributed by atoms with van der Waals surface area (Å²) in [6, 6.07) is 1.64. The minimum atomic E-state index is -0.897. The van der Waals surface area contributed by atoms with Gasteiger partial charge in [0.15, 0.2) is 0 Å². The van der Waals surface area contributed by atoms with Gasteiger partial charge in [0.1, 0.15) is 4.88 Å². The number of carbonyl (C=O) groups is 1. The van der Waals surface area contributed by atoms with Crippen molar-refractivity contribution in [2.24, 2.45) is 0 Å². The number of hydrogen-bond acceptors (Lipinski definition) is 4. The van der Waals surface area contributed by atoms with Gasteiger partial charge in [-0.15, -0.1) is 23.1 Å². The number of thiophene rings is 1. The summed E-state index contributed by atoms with van der Waals surface area (Å²) in [5, 5.41) is 19.8. The monoisotopic (exact) mass is 232 g/mol. The maximum atomic E-state index is 10.6. The van der Waals surface area contributed by atoms with Gasteiger partial charge in [0.25, 0.3) is 0 Å². The Bertz CT molecular complexity index is 320. The molecule has 0 aliphatic rings. The molecule has 1 heterocycles. The Balaban J connectivity index is 2.64. The molecule has 0 saturated carbocycles. The first-order chi connectivity index (χ1) is 6.50. The number of aliphatic hydroxyl groups is 1. The fourth-order valence-corrected chi connectivity index (χ4v) is 2.67. The van der Waals surface area contributed by atoms with Crippen LogP contribution in [-0.2, 0) is 0 Å². The molecule has 2 atom stereocenters. The van der Waals surface area contributed by atoms with E-state index in [4.69, 9.17) is 5.11 Å². The Kier molecular flexibility index (Phi) is 3.97. The largest absolute Gasteiger partial charge is 0.477 e. The standard InChI is InChI=1S/C9H12O3S2/c1-5(10)6(2)14-7-3-8(9(11)12)13-4-7/h3-6,10H,1-2H3,(H,11,12). The zero-order valence-electron chi connectivity index (χ0n) is 7.93. The Morgan fingerprint density at radius 1 is 1.57 bits per heavy atom. The minimum absolute atomic E-state index is 0.0752. The molecule has 0 amide bonds. The summed E-state index contributed by atoms with van der Waals surface area (Å²) < 4.78 is 0. The van der Waals surface area contributed by atoms with Crippen LogP contribution in [-0.4, -0.2) is 27.5 Å². The molecule has 2 unspecified atom stereocenters. The van der Waals surface area contributed by atoms with Crippen molar-refractivity contribution >= 4 is 29.1 Å². The molecule has 0 aliphatic heterocycles. The normalized spacial score (nSPS) is 15.1. The Morgan fingerprint density at radius 3 is 2.64 bits per heavy atom. The van der Waals surface area contributed by atoms with E-state index in [0.717, 1.165) is 4.90 Å². The van der Waals surface area contributed by atoms with Crippen molar-refractivity contribution in [3.8, 4) is 0 Å². The predicted octanol–water partition coefficient (Wildman–Crippen LogP) is 2.31. The van der Waals surface area contributed by atoms with Crippen LogP contribution in [0.3, 0.4) is 0 Å². The van der Waals surface area contributed by atoms with E-state index in [1.54, 1.807) is 18.4 Å². The van der Waals surface area contributed by atoms with Gasteiger partial charge in [0.05, 0.1) is 6.10 Å². The van der Waals surface area contributed by atoms with E-state index < -0.39 is 12.1 Å². The highest BCUT2D eigenvalue weighted by molar-refractivity contribution is 8.00. The number of thioether (sulfide) groups is 1. The molecule has 0 aliphatic carbocycles. The first kappa shape index (κ1) is 11.6. The second-order valence-electron chi connectivity index (χ2n) is 3.02. The number of carboxylic acids is 1. The van der Waals surface area contributed by atoms with Crippen LogP contribution in [0.5, 0.6) is 0 Å². The third kappa shape index (κ3) is 3.01. The van der Waals surface area contributed by atoms with E-state index in [1.807, 2.05) is 6.92 Å². The molecule has 1 rings (SSSR count). The third-order valence-electron chi connectivity index (χ3n) is 1.79. The molecule has 1 aromatic rings. The lowest BCUT2D eigenvalue weighted by Gasteiger charge is -2.12. The molecule has 0 fully saturated rings. The van der Waals surface area contributed by atoms with Gasteiger partial charge in [-0.05, 0) is 13.0 Å². The Labute approximate surface area is 90.8 Å². The van der Waals surface area contributed by atoms with Crippen molar-refractivity contribution < 1.29 is 15.0 Å². The fourth-order valence-electron chi connectivity index (χ4n) is 0.806. The summed E-state index contributed by atoms with van der Waals surface area (Å²) in [7, 11) is 0. The summed E-state index contributed by atoms with van der Waals surface area (Å²) >= 11 is 2.70. The van der Waals surface area contributed by atoms with Gasteiger partial charge in [0.2, 0.25) is 0 Å². The molecule has 3 nitrogen and oxygen atoms in total. The summed E-state index contributed by atoms with van der Waals surface area (Å²) in [4.78, 5) is 11.8. The topological polar surface area (TPSA) is 57.5 Å². The van der Waals surface area contributed by atoms with E-state index in [9.17, 15) is 9.90 Å². The molecule has 1 aromatic heterocycles.